The van der Waals surface area contributed by atoms with E-state index in [0.29, 0.717) is 0 Å². The van der Waals surface area contributed by atoms with E-state index in [9.17, 15) is 0 Å². The molecule has 170 valence electrons. The van der Waals surface area contributed by atoms with Crippen LogP contribution in [0.2, 0.25) is 0 Å². The van der Waals surface area contributed by atoms with Crippen molar-refractivity contribution in [2.45, 2.75) is 0 Å². The van der Waals surface area contributed by atoms with Crippen molar-refractivity contribution in [1.82, 2.24) is 0 Å². The highest BCUT2D eigenvalue weighted by Crippen LogP contribution is 2.40. The maximum atomic E-state index is 6.29. The molecule has 0 atom stereocenters. The molecule has 7 rings (SSSR count). The van der Waals surface area contributed by atoms with Gasteiger partial charge in [0.25, 0.3) is 0 Å². The Kier molecular flexibility index (Phi) is 4.82. The number of para-hydroxylation sites is 2. The molecule has 0 bridgehead atoms. The topological polar surface area (TPSA) is 16.4 Å². The zero-order chi connectivity index (χ0) is 23.9. The molecular formula is C34H23NO. The molecule has 36 heavy (non-hydrogen) atoms. The molecule has 0 fully saturated rings. The van der Waals surface area contributed by atoms with Crippen LogP contribution in [0, 0.1) is 0 Å². The summed E-state index contributed by atoms with van der Waals surface area (Å²) in [7, 11) is 0. The van der Waals surface area contributed by atoms with Gasteiger partial charge in [-0.15, -0.1) is 0 Å². The minimum Gasteiger partial charge on any atom is -0.456 e. The summed E-state index contributed by atoms with van der Waals surface area (Å²) in [5.41, 5.74) is 7.56. The molecule has 0 N–H and O–H groups in total. The molecule has 0 unspecified atom stereocenters. The smallest absolute Gasteiger partial charge is 0.136 e. The number of hydrogen-bond donors (Lipinski definition) is 0. The summed E-state index contributed by atoms with van der Waals surface area (Å²) in [6.45, 7) is 0. The first-order valence-corrected chi connectivity index (χ1v) is 12.2. The lowest BCUT2D eigenvalue weighted by Gasteiger charge is -2.25. The van der Waals surface area contributed by atoms with Gasteiger partial charge in [-0.25, -0.2) is 0 Å². The van der Waals surface area contributed by atoms with Gasteiger partial charge in [0, 0.05) is 27.8 Å². The molecule has 2 heteroatoms. The summed E-state index contributed by atoms with van der Waals surface area (Å²) in [5.74, 6) is 0. The maximum Gasteiger partial charge on any atom is 0.136 e. The van der Waals surface area contributed by atoms with Crippen LogP contribution in [0.5, 0.6) is 0 Å². The third kappa shape index (κ3) is 3.43. The van der Waals surface area contributed by atoms with E-state index in [2.05, 4.69) is 144 Å². The van der Waals surface area contributed by atoms with E-state index in [1.165, 1.54) is 21.9 Å². The molecule has 7 aromatic rings. The van der Waals surface area contributed by atoms with Crippen molar-refractivity contribution in [3.05, 3.63) is 140 Å². The maximum absolute atomic E-state index is 6.29. The van der Waals surface area contributed by atoms with Gasteiger partial charge in [-0.1, -0.05) is 84.9 Å². The Morgan fingerprint density at radius 2 is 1.03 bits per heavy atom. The fourth-order valence-corrected chi connectivity index (χ4v) is 5.14. The van der Waals surface area contributed by atoms with Crippen molar-refractivity contribution in [3.63, 3.8) is 0 Å². The van der Waals surface area contributed by atoms with E-state index < -0.39 is 0 Å². The average molecular weight is 462 g/mol. The van der Waals surface area contributed by atoms with E-state index in [4.69, 9.17) is 4.42 Å². The first-order valence-electron chi connectivity index (χ1n) is 12.2. The Balaban J connectivity index is 1.37. The van der Waals surface area contributed by atoms with Crippen LogP contribution < -0.4 is 4.90 Å². The predicted molar refractivity (Wildman–Crippen MR) is 151 cm³/mol. The molecule has 0 aliphatic heterocycles. The van der Waals surface area contributed by atoms with Crippen LogP contribution in [0.4, 0.5) is 17.1 Å². The average Bonchev–Trinajstić information content (AvgIpc) is 3.31. The highest BCUT2D eigenvalue weighted by atomic mass is 16.3. The second-order valence-corrected chi connectivity index (χ2v) is 9.03. The minimum atomic E-state index is 0.914. The second-order valence-electron chi connectivity index (χ2n) is 9.03. The van der Waals surface area contributed by atoms with Crippen LogP contribution in [0.15, 0.2) is 144 Å². The number of hydrogen-bond acceptors (Lipinski definition) is 2. The lowest BCUT2D eigenvalue weighted by Crippen LogP contribution is -2.09. The molecule has 0 amide bonds. The number of furan rings is 1. The number of benzene rings is 6. The molecule has 0 spiro atoms. The summed E-state index contributed by atoms with van der Waals surface area (Å²) >= 11 is 0. The normalized spacial score (nSPS) is 11.3. The van der Waals surface area contributed by atoms with Crippen molar-refractivity contribution >= 4 is 49.8 Å². The van der Waals surface area contributed by atoms with Gasteiger partial charge in [-0.3, -0.25) is 0 Å². The lowest BCUT2D eigenvalue weighted by atomic mass is 9.98. The SMILES string of the molecule is c1ccc(N(c2ccccc2)c2ccc(-c3cccc4oc5cc6ccccc6cc5c34)cc2)cc1. The molecule has 0 aliphatic carbocycles. The minimum absolute atomic E-state index is 0.914. The van der Waals surface area contributed by atoms with Crippen LogP contribution in [0.25, 0.3) is 43.8 Å². The van der Waals surface area contributed by atoms with E-state index in [1.807, 2.05) is 0 Å². The molecule has 0 aliphatic rings. The first kappa shape index (κ1) is 20.5. The van der Waals surface area contributed by atoms with E-state index in [0.717, 1.165) is 39.0 Å². The summed E-state index contributed by atoms with van der Waals surface area (Å²) < 4.78 is 6.29. The van der Waals surface area contributed by atoms with Gasteiger partial charge in [0.15, 0.2) is 0 Å². The largest absolute Gasteiger partial charge is 0.456 e. The zero-order valence-electron chi connectivity index (χ0n) is 19.6. The molecule has 1 aromatic heterocycles. The van der Waals surface area contributed by atoms with Crippen LogP contribution >= 0.6 is 0 Å². The fraction of sp³-hybridized carbons (Fsp3) is 0. The summed E-state index contributed by atoms with van der Waals surface area (Å²) in [6.07, 6.45) is 0. The molecule has 0 saturated heterocycles. The van der Waals surface area contributed by atoms with Crippen LogP contribution in [-0.2, 0) is 0 Å². The van der Waals surface area contributed by atoms with Crippen LogP contribution in [-0.4, -0.2) is 0 Å². The van der Waals surface area contributed by atoms with E-state index in [1.54, 1.807) is 0 Å². The highest BCUT2D eigenvalue weighted by molar-refractivity contribution is 6.15. The van der Waals surface area contributed by atoms with Gasteiger partial charge in [0.1, 0.15) is 11.2 Å². The van der Waals surface area contributed by atoms with Crippen LogP contribution in [0.3, 0.4) is 0 Å². The van der Waals surface area contributed by atoms with E-state index >= 15 is 0 Å². The number of fused-ring (bicyclic) bond motifs is 4. The van der Waals surface area contributed by atoms with Gasteiger partial charge in [-0.2, -0.15) is 0 Å². The first-order chi connectivity index (χ1) is 17.8. The van der Waals surface area contributed by atoms with Gasteiger partial charge in [0.2, 0.25) is 0 Å². The van der Waals surface area contributed by atoms with Gasteiger partial charge >= 0.3 is 0 Å². The van der Waals surface area contributed by atoms with Crippen molar-refractivity contribution in [3.8, 4) is 11.1 Å². The van der Waals surface area contributed by atoms with Gasteiger partial charge in [0.05, 0.1) is 0 Å². The Morgan fingerprint density at radius 3 is 1.69 bits per heavy atom. The molecule has 0 radical (unpaired) electrons. The number of rotatable bonds is 4. The third-order valence-corrected chi connectivity index (χ3v) is 6.83. The van der Waals surface area contributed by atoms with Gasteiger partial charge < -0.3 is 9.32 Å². The predicted octanol–water partition coefficient (Wildman–Crippen LogP) is 9.88. The Bertz CT molecular complexity index is 1780. The van der Waals surface area contributed by atoms with Crippen molar-refractivity contribution in [1.29, 1.82) is 0 Å². The Morgan fingerprint density at radius 1 is 0.444 bits per heavy atom. The fourth-order valence-electron chi connectivity index (χ4n) is 5.14. The zero-order valence-corrected chi connectivity index (χ0v) is 19.6. The summed E-state index contributed by atoms with van der Waals surface area (Å²) in [6, 6.07) is 49.0. The van der Waals surface area contributed by atoms with E-state index in [-0.39, 0.29) is 0 Å². The summed E-state index contributed by atoms with van der Waals surface area (Å²) in [5, 5.41) is 4.73. The molecule has 2 nitrogen and oxygen atoms in total. The summed E-state index contributed by atoms with van der Waals surface area (Å²) in [4.78, 5) is 2.28. The number of anilines is 3. The number of nitrogens with zero attached hydrogens (tertiary/aromatic N) is 1. The monoisotopic (exact) mass is 461 g/mol. The Labute approximate surface area is 209 Å². The highest BCUT2D eigenvalue weighted by Gasteiger charge is 2.15. The van der Waals surface area contributed by atoms with Crippen molar-refractivity contribution < 1.29 is 4.42 Å². The molecule has 0 saturated carbocycles. The van der Waals surface area contributed by atoms with Gasteiger partial charge in [-0.05, 0) is 76.5 Å². The quantitative estimate of drug-likeness (QED) is 0.259. The Hall–Kier alpha value is -4.82. The molecule has 6 aromatic carbocycles. The lowest BCUT2D eigenvalue weighted by molar-refractivity contribution is 0.669. The standard InChI is InChI=1S/C34H23NO/c1-3-12-27(13-4-1)35(28-14-5-2-6-15-28)29-20-18-24(19-21-29)30-16-9-17-32-34(30)31-22-25-10-7-8-11-26(25)23-33(31)36-32/h1-23H. The van der Waals surface area contributed by atoms with Crippen molar-refractivity contribution in [2.24, 2.45) is 0 Å². The molecule has 1 heterocycles. The molecular weight excluding hydrogens is 438 g/mol. The second kappa shape index (κ2) is 8.44. The van der Waals surface area contributed by atoms with Crippen molar-refractivity contribution in [2.75, 3.05) is 4.90 Å². The third-order valence-electron chi connectivity index (χ3n) is 6.83. The van der Waals surface area contributed by atoms with Crippen LogP contribution in [0.1, 0.15) is 0 Å².